The molecule has 1 saturated carbocycles. The van der Waals surface area contributed by atoms with Gasteiger partial charge in [0.15, 0.2) is 0 Å². The number of carbonyl (C=O) groups excluding carboxylic acids is 1. The van der Waals surface area contributed by atoms with Crippen molar-refractivity contribution < 1.29 is 9.90 Å². The maximum atomic E-state index is 11.9. The SMILES string of the molecule is Cc1ccc(CCCC(=O)NC2CCCCC2O)cc1. The van der Waals surface area contributed by atoms with Crippen LogP contribution in [0.2, 0.25) is 0 Å². The van der Waals surface area contributed by atoms with E-state index in [1.54, 1.807) is 0 Å². The van der Waals surface area contributed by atoms with Gasteiger partial charge in [-0.3, -0.25) is 4.79 Å². The van der Waals surface area contributed by atoms with E-state index in [1.807, 2.05) is 0 Å². The van der Waals surface area contributed by atoms with Crippen molar-refractivity contribution in [3.8, 4) is 0 Å². The first kappa shape index (κ1) is 15.0. The van der Waals surface area contributed by atoms with Gasteiger partial charge >= 0.3 is 0 Å². The lowest BCUT2D eigenvalue weighted by Crippen LogP contribution is -2.45. The normalized spacial score (nSPS) is 22.5. The van der Waals surface area contributed by atoms with Crippen molar-refractivity contribution in [1.29, 1.82) is 0 Å². The van der Waals surface area contributed by atoms with Gasteiger partial charge in [-0.25, -0.2) is 0 Å². The third-order valence-electron chi connectivity index (χ3n) is 4.07. The highest BCUT2D eigenvalue weighted by Crippen LogP contribution is 2.18. The summed E-state index contributed by atoms with van der Waals surface area (Å²) in [4.78, 5) is 11.9. The first-order chi connectivity index (χ1) is 9.65. The van der Waals surface area contributed by atoms with Crippen LogP contribution in [0.3, 0.4) is 0 Å². The van der Waals surface area contributed by atoms with Gasteiger partial charge < -0.3 is 10.4 Å². The summed E-state index contributed by atoms with van der Waals surface area (Å²) >= 11 is 0. The van der Waals surface area contributed by atoms with E-state index in [4.69, 9.17) is 0 Å². The molecular formula is C17H25NO2. The fraction of sp³-hybridized carbons (Fsp3) is 0.588. The first-order valence-electron chi connectivity index (χ1n) is 7.68. The lowest BCUT2D eigenvalue weighted by molar-refractivity contribution is -0.123. The zero-order valence-corrected chi connectivity index (χ0v) is 12.3. The summed E-state index contributed by atoms with van der Waals surface area (Å²) in [7, 11) is 0. The zero-order chi connectivity index (χ0) is 14.4. The van der Waals surface area contributed by atoms with Gasteiger partial charge in [-0.15, -0.1) is 0 Å². The number of nitrogens with one attached hydrogen (secondary N) is 1. The molecule has 3 heteroatoms. The lowest BCUT2D eigenvalue weighted by Gasteiger charge is -2.28. The molecule has 2 N–H and O–H groups in total. The number of hydrogen-bond acceptors (Lipinski definition) is 2. The van der Waals surface area contributed by atoms with E-state index in [0.717, 1.165) is 38.5 Å². The van der Waals surface area contributed by atoms with Crippen molar-refractivity contribution in [2.45, 2.75) is 64.0 Å². The van der Waals surface area contributed by atoms with E-state index in [9.17, 15) is 9.90 Å². The van der Waals surface area contributed by atoms with Crippen LogP contribution in [0.4, 0.5) is 0 Å². The highest BCUT2D eigenvalue weighted by molar-refractivity contribution is 5.76. The fourth-order valence-corrected chi connectivity index (χ4v) is 2.77. The van der Waals surface area contributed by atoms with Gasteiger partial charge in [0, 0.05) is 6.42 Å². The largest absolute Gasteiger partial charge is 0.391 e. The smallest absolute Gasteiger partial charge is 0.220 e. The summed E-state index contributed by atoms with van der Waals surface area (Å²) in [5, 5.41) is 12.8. The van der Waals surface area contributed by atoms with Gasteiger partial charge in [0.2, 0.25) is 5.91 Å². The van der Waals surface area contributed by atoms with E-state index in [0.29, 0.717) is 6.42 Å². The number of aliphatic hydroxyl groups excluding tert-OH is 1. The van der Waals surface area contributed by atoms with Crippen molar-refractivity contribution in [1.82, 2.24) is 5.32 Å². The number of hydrogen-bond donors (Lipinski definition) is 2. The summed E-state index contributed by atoms with van der Waals surface area (Å²) in [5.41, 5.74) is 2.54. The number of aliphatic hydroxyl groups is 1. The highest BCUT2D eigenvalue weighted by Gasteiger charge is 2.23. The van der Waals surface area contributed by atoms with Crippen LogP contribution in [-0.4, -0.2) is 23.2 Å². The minimum atomic E-state index is -0.357. The molecule has 20 heavy (non-hydrogen) atoms. The molecular weight excluding hydrogens is 250 g/mol. The minimum absolute atomic E-state index is 0.0318. The topological polar surface area (TPSA) is 49.3 Å². The van der Waals surface area contributed by atoms with Crippen molar-refractivity contribution in [3.05, 3.63) is 35.4 Å². The Morgan fingerprint density at radius 3 is 2.65 bits per heavy atom. The second-order valence-corrected chi connectivity index (χ2v) is 5.86. The monoisotopic (exact) mass is 275 g/mol. The molecule has 0 aliphatic heterocycles. The van der Waals surface area contributed by atoms with Crippen LogP contribution < -0.4 is 5.32 Å². The predicted octanol–water partition coefficient (Wildman–Crippen LogP) is 2.74. The lowest BCUT2D eigenvalue weighted by atomic mass is 9.92. The van der Waals surface area contributed by atoms with Gasteiger partial charge in [0.1, 0.15) is 0 Å². The molecule has 0 heterocycles. The third kappa shape index (κ3) is 4.64. The standard InChI is InChI=1S/C17H25NO2/c1-13-9-11-14(12-10-13)5-4-8-17(20)18-15-6-2-3-7-16(15)19/h9-12,15-16,19H,2-8H2,1H3,(H,18,20). The van der Waals surface area contributed by atoms with Crippen LogP contribution in [0.1, 0.15) is 49.7 Å². The molecule has 0 spiro atoms. The maximum absolute atomic E-state index is 11.9. The quantitative estimate of drug-likeness (QED) is 0.868. The fourth-order valence-electron chi connectivity index (χ4n) is 2.77. The van der Waals surface area contributed by atoms with E-state index in [2.05, 4.69) is 36.5 Å². The molecule has 2 atom stereocenters. The first-order valence-corrected chi connectivity index (χ1v) is 7.68. The summed E-state index contributed by atoms with van der Waals surface area (Å²) in [6.45, 7) is 2.08. The summed E-state index contributed by atoms with van der Waals surface area (Å²) < 4.78 is 0. The summed E-state index contributed by atoms with van der Waals surface area (Å²) in [5.74, 6) is 0.0723. The van der Waals surface area contributed by atoms with E-state index < -0.39 is 0 Å². The third-order valence-corrected chi connectivity index (χ3v) is 4.07. The Morgan fingerprint density at radius 1 is 1.25 bits per heavy atom. The number of carbonyl (C=O) groups is 1. The van der Waals surface area contributed by atoms with E-state index >= 15 is 0 Å². The molecule has 1 fully saturated rings. The Labute approximate surface area is 121 Å². The number of aryl methyl sites for hydroxylation is 2. The van der Waals surface area contributed by atoms with Crippen molar-refractivity contribution >= 4 is 5.91 Å². The molecule has 1 aliphatic carbocycles. The Bertz CT molecular complexity index is 427. The van der Waals surface area contributed by atoms with Crippen LogP contribution in [0.15, 0.2) is 24.3 Å². The number of amides is 1. The van der Waals surface area contributed by atoms with Crippen LogP contribution in [0.25, 0.3) is 0 Å². The van der Waals surface area contributed by atoms with Gasteiger partial charge in [-0.1, -0.05) is 42.7 Å². The van der Waals surface area contributed by atoms with Crippen molar-refractivity contribution in [2.75, 3.05) is 0 Å². The van der Waals surface area contributed by atoms with Crippen LogP contribution in [-0.2, 0) is 11.2 Å². The molecule has 2 rings (SSSR count). The van der Waals surface area contributed by atoms with Crippen LogP contribution >= 0.6 is 0 Å². The van der Waals surface area contributed by atoms with Gasteiger partial charge in [0.05, 0.1) is 12.1 Å². The van der Waals surface area contributed by atoms with Crippen molar-refractivity contribution in [2.24, 2.45) is 0 Å². The molecule has 1 aromatic rings. The highest BCUT2D eigenvalue weighted by atomic mass is 16.3. The average Bonchev–Trinajstić information content (AvgIpc) is 2.44. The molecule has 0 radical (unpaired) electrons. The molecule has 1 aromatic carbocycles. The van der Waals surface area contributed by atoms with Crippen LogP contribution in [0.5, 0.6) is 0 Å². The maximum Gasteiger partial charge on any atom is 0.220 e. The molecule has 1 aliphatic rings. The van der Waals surface area contributed by atoms with Gasteiger partial charge in [-0.05, 0) is 38.2 Å². The molecule has 3 nitrogen and oxygen atoms in total. The molecule has 0 saturated heterocycles. The van der Waals surface area contributed by atoms with Gasteiger partial charge in [0.25, 0.3) is 0 Å². The summed E-state index contributed by atoms with van der Waals surface area (Å²) in [6, 6.07) is 8.42. The Hall–Kier alpha value is -1.35. The molecule has 0 bridgehead atoms. The number of rotatable bonds is 5. The van der Waals surface area contributed by atoms with Crippen LogP contribution in [0, 0.1) is 6.92 Å². The van der Waals surface area contributed by atoms with Gasteiger partial charge in [-0.2, -0.15) is 0 Å². The predicted molar refractivity (Wildman–Crippen MR) is 80.5 cm³/mol. The average molecular weight is 275 g/mol. The van der Waals surface area contributed by atoms with Crippen molar-refractivity contribution in [3.63, 3.8) is 0 Å². The zero-order valence-electron chi connectivity index (χ0n) is 12.3. The Balaban J connectivity index is 1.68. The second-order valence-electron chi connectivity index (χ2n) is 5.86. The molecule has 0 aromatic heterocycles. The number of benzene rings is 1. The minimum Gasteiger partial charge on any atom is -0.391 e. The molecule has 110 valence electrons. The molecule has 1 amide bonds. The molecule has 2 unspecified atom stereocenters. The van der Waals surface area contributed by atoms with E-state index in [1.165, 1.54) is 11.1 Å². The summed E-state index contributed by atoms with van der Waals surface area (Å²) in [6.07, 6.45) is 5.87. The Kier molecular flexibility index (Phi) is 5.60. The van der Waals surface area contributed by atoms with E-state index in [-0.39, 0.29) is 18.1 Å². The second kappa shape index (κ2) is 7.44. The Morgan fingerprint density at radius 2 is 1.95 bits per heavy atom.